The van der Waals surface area contributed by atoms with Crippen LogP contribution in [0.4, 0.5) is 5.69 Å². The molecule has 0 radical (unpaired) electrons. The summed E-state index contributed by atoms with van der Waals surface area (Å²) in [5, 5.41) is 3.22. The third-order valence-corrected chi connectivity index (χ3v) is 5.95. The van der Waals surface area contributed by atoms with E-state index in [9.17, 15) is 9.00 Å². The third-order valence-electron chi connectivity index (χ3n) is 4.12. The lowest BCUT2D eigenvalue weighted by atomic mass is 10.0. The standard InChI is InChI=1S/C18H27NO3S/c1-2-22-12-11-18(20)19-16-8-6-7-15(13-16)14-23(21)17-9-4-3-5-10-17/h6-8,13,17H,2-5,9-12,14H2,1H3,(H,19,20)/t23-/m0/s1. The first-order valence-corrected chi connectivity index (χ1v) is 9.91. The van der Waals surface area contributed by atoms with Crippen molar-refractivity contribution in [1.82, 2.24) is 0 Å². The highest BCUT2D eigenvalue weighted by Crippen LogP contribution is 2.24. The van der Waals surface area contributed by atoms with Crippen LogP contribution >= 0.6 is 0 Å². The molecule has 1 N–H and O–H groups in total. The van der Waals surface area contributed by atoms with Crippen LogP contribution in [0.25, 0.3) is 0 Å². The zero-order chi connectivity index (χ0) is 16.5. The van der Waals surface area contributed by atoms with E-state index in [0.29, 0.717) is 30.6 Å². The highest BCUT2D eigenvalue weighted by atomic mass is 32.2. The van der Waals surface area contributed by atoms with E-state index in [1.807, 2.05) is 31.2 Å². The minimum atomic E-state index is -0.817. The average molecular weight is 337 g/mol. The second-order valence-electron chi connectivity index (χ2n) is 5.98. The van der Waals surface area contributed by atoms with Gasteiger partial charge in [0, 0.05) is 34.1 Å². The first-order valence-electron chi connectivity index (χ1n) is 8.52. The fourth-order valence-corrected chi connectivity index (χ4v) is 4.48. The number of ether oxygens (including phenoxy) is 1. The van der Waals surface area contributed by atoms with Crippen LogP contribution in [0.3, 0.4) is 0 Å². The highest BCUT2D eigenvalue weighted by molar-refractivity contribution is 7.84. The topological polar surface area (TPSA) is 55.4 Å². The van der Waals surface area contributed by atoms with Crippen LogP contribution in [0.2, 0.25) is 0 Å². The third kappa shape index (κ3) is 6.43. The summed E-state index contributed by atoms with van der Waals surface area (Å²) in [6.07, 6.45) is 6.20. The SMILES string of the molecule is CCOCCC(=O)Nc1cccc(C[S@](=O)C2CCCCC2)c1. The molecule has 1 aromatic rings. The van der Waals surface area contributed by atoms with Gasteiger partial charge in [-0.15, -0.1) is 0 Å². The van der Waals surface area contributed by atoms with Gasteiger partial charge in [0.15, 0.2) is 0 Å². The van der Waals surface area contributed by atoms with E-state index >= 15 is 0 Å². The number of hydrogen-bond donors (Lipinski definition) is 1. The molecular weight excluding hydrogens is 310 g/mol. The first kappa shape index (κ1) is 18.1. The Morgan fingerprint density at radius 3 is 2.83 bits per heavy atom. The molecule has 1 fully saturated rings. The van der Waals surface area contributed by atoms with Gasteiger partial charge in [-0.1, -0.05) is 31.4 Å². The molecule has 1 aliphatic rings. The van der Waals surface area contributed by atoms with Crippen LogP contribution < -0.4 is 5.32 Å². The summed E-state index contributed by atoms with van der Waals surface area (Å²) < 4.78 is 17.7. The number of carbonyl (C=O) groups excluding carboxylic acids is 1. The van der Waals surface area contributed by atoms with E-state index in [-0.39, 0.29) is 5.91 Å². The molecule has 1 aromatic carbocycles. The van der Waals surface area contributed by atoms with Gasteiger partial charge in [0.1, 0.15) is 0 Å². The number of carbonyl (C=O) groups is 1. The minimum absolute atomic E-state index is 0.0518. The van der Waals surface area contributed by atoms with Crippen molar-refractivity contribution in [1.29, 1.82) is 0 Å². The normalized spacial score (nSPS) is 16.9. The van der Waals surface area contributed by atoms with E-state index in [2.05, 4.69) is 5.32 Å². The second-order valence-corrected chi connectivity index (χ2v) is 7.70. The highest BCUT2D eigenvalue weighted by Gasteiger charge is 2.19. The van der Waals surface area contributed by atoms with Gasteiger partial charge in [0.2, 0.25) is 5.91 Å². The quantitative estimate of drug-likeness (QED) is 0.737. The van der Waals surface area contributed by atoms with E-state index in [1.165, 1.54) is 19.3 Å². The van der Waals surface area contributed by atoms with Crippen molar-refractivity contribution in [2.24, 2.45) is 0 Å². The molecule has 0 heterocycles. The van der Waals surface area contributed by atoms with Crippen molar-refractivity contribution in [3.63, 3.8) is 0 Å². The van der Waals surface area contributed by atoms with Crippen molar-refractivity contribution in [3.8, 4) is 0 Å². The van der Waals surface area contributed by atoms with Crippen LogP contribution in [0.15, 0.2) is 24.3 Å². The van der Waals surface area contributed by atoms with Crippen LogP contribution in [-0.4, -0.2) is 28.6 Å². The zero-order valence-electron chi connectivity index (χ0n) is 13.9. The molecule has 0 unspecified atom stereocenters. The Labute approximate surface area is 141 Å². The Bertz CT molecular complexity index is 527. The van der Waals surface area contributed by atoms with Crippen molar-refractivity contribution >= 4 is 22.4 Å². The lowest BCUT2D eigenvalue weighted by Crippen LogP contribution is -2.20. The second kappa shape index (κ2) is 9.83. The van der Waals surface area contributed by atoms with Crippen LogP contribution in [0.5, 0.6) is 0 Å². The largest absolute Gasteiger partial charge is 0.381 e. The molecule has 0 spiro atoms. The van der Waals surface area contributed by atoms with Gasteiger partial charge in [0.25, 0.3) is 0 Å². The van der Waals surface area contributed by atoms with E-state index in [4.69, 9.17) is 4.74 Å². The number of hydrogen-bond acceptors (Lipinski definition) is 3. The molecule has 1 atom stereocenters. The molecule has 0 saturated heterocycles. The maximum absolute atomic E-state index is 12.5. The fourth-order valence-electron chi connectivity index (χ4n) is 2.88. The van der Waals surface area contributed by atoms with E-state index in [1.54, 1.807) is 0 Å². The predicted molar refractivity (Wildman–Crippen MR) is 94.9 cm³/mol. The van der Waals surface area contributed by atoms with Gasteiger partial charge in [-0.2, -0.15) is 0 Å². The van der Waals surface area contributed by atoms with Crippen LogP contribution in [0, 0.1) is 0 Å². The van der Waals surface area contributed by atoms with Gasteiger partial charge in [-0.05, 0) is 37.5 Å². The summed E-state index contributed by atoms with van der Waals surface area (Å²) in [5.74, 6) is 0.525. The molecule has 1 amide bonds. The molecule has 0 bridgehead atoms. The summed E-state index contributed by atoms with van der Waals surface area (Å²) in [4.78, 5) is 11.8. The summed E-state index contributed by atoms with van der Waals surface area (Å²) in [6, 6.07) is 7.69. The number of amides is 1. The Hall–Kier alpha value is -1.20. The number of nitrogens with one attached hydrogen (secondary N) is 1. The van der Waals surface area contributed by atoms with Crippen molar-refractivity contribution in [2.75, 3.05) is 18.5 Å². The first-order chi connectivity index (χ1) is 11.2. The molecular formula is C18H27NO3S. The average Bonchev–Trinajstić information content (AvgIpc) is 2.56. The summed E-state index contributed by atoms with van der Waals surface area (Å²) in [5.41, 5.74) is 1.79. The van der Waals surface area contributed by atoms with Crippen molar-refractivity contribution in [3.05, 3.63) is 29.8 Å². The number of rotatable bonds is 8. The molecule has 0 aliphatic heterocycles. The maximum Gasteiger partial charge on any atom is 0.226 e. The Morgan fingerprint density at radius 2 is 2.09 bits per heavy atom. The summed E-state index contributed by atoms with van der Waals surface area (Å²) in [6.45, 7) is 2.97. The molecule has 5 heteroatoms. The predicted octanol–water partition coefficient (Wildman–Crippen LogP) is 3.63. The molecule has 1 aliphatic carbocycles. The minimum Gasteiger partial charge on any atom is -0.381 e. The molecule has 1 saturated carbocycles. The van der Waals surface area contributed by atoms with E-state index in [0.717, 1.165) is 24.1 Å². The lowest BCUT2D eigenvalue weighted by Gasteiger charge is -2.21. The monoisotopic (exact) mass is 337 g/mol. The van der Waals surface area contributed by atoms with Crippen LogP contribution in [-0.2, 0) is 26.1 Å². The summed E-state index contributed by atoms with van der Waals surface area (Å²) >= 11 is 0. The van der Waals surface area contributed by atoms with Gasteiger partial charge in [0.05, 0.1) is 13.0 Å². The molecule has 23 heavy (non-hydrogen) atoms. The number of anilines is 1. The van der Waals surface area contributed by atoms with Crippen molar-refractivity contribution < 1.29 is 13.7 Å². The molecule has 4 nitrogen and oxygen atoms in total. The smallest absolute Gasteiger partial charge is 0.226 e. The zero-order valence-corrected chi connectivity index (χ0v) is 14.7. The Morgan fingerprint density at radius 1 is 1.30 bits per heavy atom. The van der Waals surface area contributed by atoms with Crippen LogP contribution in [0.1, 0.15) is 51.0 Å². The van der Waals surface area contributed by atoms with Gasteiger partial charge in [-0.3, -0.25) is 9.00 Å². The van der Waals surface area contributed by atoms with Gasteiger partial charge >= 0.3 is 0 Å². The van der Waals surface area contributed by atoms with E-state index < -0.39 is 10.8 Å². The Kier molecular flexibility index (Phi) is 7.76. The Balaban J connectivity index is 1.86. The van der Waals surface area contributed by atoms with Gasteiger partial charge < -0.3 is 10.1 Å². The summed E-state index contributed by atoms with van der Waals surface area (Å²) in [7, 11) is -0.817. The van der Waals surface area contributed by atoms with Crippen molar-refractivity contribution in [2.45, 2.75) is 56.5 Å². The fraction of sp³-hybridized carbons (Fsp3) is 0.611. The number of benzene rings is 1. The lowest BCUT2D eigenvalue weighted by molar-refractivity contribution is -0.117. The maximum atomic E-state index is 12.5. The van der Waals surface area contributed by atoms with Gasteiger partial charge in [-0.25, -0.2) is 0 Å². The molecule has 128 valence electrons. The molecule has 2 rings (SSSR count). The molecule has 0 aromatic heterocycles.